The molecule has 4 rings (SSSR count). The quantitative estimate of drug-likeness (QED) is 0.655. The number of halogens is 2. The van der Waals surface area contributed by atoms with Gasteiger partial charge in [-0.1, -0.05) is 0 Å². The molecule has 142 valence electrons. The number of hydrogen-bond donors (Lipinski definition) is 3. The smallest absolute Gasteiger partial charge is 0.151 e. The molecule has 4 N–H and O–H groups in total. The van der Waals surface area contributed by atoms with Crippen molar-refractivity contribution in [2.24, 2.45) is 0 Å². The Morgan fingerprint density at radius 2 is 1.78 bits per heavy atom. The summed E-state index contributed by atoms with van der Waals surface area (Å²) in [5.41, 5.74) is 7.91. The van der Waals surface area contributed by atoms with E-state index in [9.17, 15) is 13.9 Å². The van der Waals surface area contributed by atoms with Gasteiger partial charge in [0.2, 0.25) is 0 Å². The van der Waals surface area contributed by atoms with E-state index in [-0.39, 0.29) is 23.4 Å². The van der Waals surface area contributed by atoms with E-state index in [2.05, 4.69) is 10.1 Å². The molecule has 0 bridgehead atoms. The fraction of sp³-hybridized carbons (Fsp3) is 0.368. The van der Waals surface area contributed by atoms with Gasteiger partial charge < -0.3 is 15.9 Å². The van der Waals surface area contributed by atoms with Crippen LogP contribution in [0.5, 0.6) is 0 Å². The highest BCUT2D eigenvalue weighted by molar-refractivity contribution is 5.88. The Labute approximate surface area is 154 Å². The highest BCUT2D eigenvalue weighted by Gasteiger charge is 2.26. The first-order valence-electron chi connectivity index (χ1n) is 8.89. The van der Waals surface area contributed by atoms with Crippen LogP contribution in [0.4, 0.5) is 14.6 Å². The topological polar surface area (TPSA) is 96.7 Å². The summed E-state index contributed by atoms with van der Waals surface area (Å²) in [6.07, 6.45) is 4.04. The number of hydrogen-bond acceptors (Lipinski definition) is 5. The molecule has 0 unspecified atom stereocenters. The maximum absolute atomic E-state index is 14.2. The molecule has 0 atom stereocenters. The third-order valence-electron chi connectivity index (χ3n) is 5.34. The van der Waals surface area contributed by atoms with Gasteiger partial charge >= 0.3 is 0 Å². The Morgan fingerprint density at radius 1 is 1.11 bits per heavy atom. The van der Waals surface area contributed by atoms with Crippen molar-refractivity contribution in [2.45, 2.75) is 44.3 Å². The van der Waals surface area contributed by atoms with Crippen molar-refractivity contribution in [2.75, 3.05) is 5.73 Å². The Morgan fingerprint density at radius 3 is 2.41 bits per heavy atom. The van der Waals surface area contributed by atoms with Gasteiger partial charge in [-0.05, 0) is 49.4 Å². The van der Waals surface area contributed by atoms with Gasteiger partial charge in [0.05, 0.1) is 12.7 Å². The zero-order valence-electron chi connectivity index (χ0n) is 14.6. The lowest BCUT2D eigenvalue weighted by Crippen LogP contribution is -2.18. The number of fused-ring (bicyclic) bond motifs is 1. The van der Waals surface area contributed by atoms with E-state index in [0.29, 0.717) is 29.5 Å². The molecule has 0 amide bonds. The number of aliphatic hydroxyl groups is 2. The summed E-state index contributed by atoms with van der Waals surface area (Å²) >= 11 is 0. The molecule has 27 heavy (non-hydrogen) atoms. The zero-order valence-corrected chi connectivity index (χ0v) is 14.6. The van der Waals surface area contributed by atoms with Gasteiger partial charge in [0, 0.05) is 22.7 Å². The summed E-state index contributed by atoms with van der Waals surface area (Å²) in [6.45, 7) is -0.713. The predicted octanol–water partition coefficient (Wildman–Crippen LogP) is 2.77. The molecule has 1 aliphatic carbocycles. The minimum Gasteiger partial charge on any atom is -0.393 e. The number of nitrogens with two attached hydrogens (primary N) is 1. The Hall–Kier alpha value is -2.58. The minimum absolute atomic E-state index is 0.162. The third kappa shape index (κ3) is 3.04. The second kappa shape index (κ2) is 6.86. The van der Waals surface area contributed by atoms with Crippen LogP contribution in [0.3, 0.4) is 0 Å². The molecule has 3 aromatic rings. The van der Waals surface area contributed by atoms with E-state index in [1.165, 1.54) is 18.5 Å². The fourth-order valence-electron chi connectivity index (χ4n) is 3.88. The van der Waals surface area contributed by atoms with Crippen LogP contribution in [0.2, 0.25) is 0 Å². The van der Waals surface area contributed by atoms with Crippen molar-refractivity contribution in [1.82, 2.24) is 14.6 Å². The van der Waals surface area contributed by atoms with Crippen LogP contribution in [0.1, 0.15) is 42.9 Å². The van der Waals surface area contributed by atoms with Crippen molar-refractivity contribution in [1.29, 1.82) is 0 Å². The van der Waals surface area contributed by atoms with Crippen LogP contribution in [-0.4, -0.2) is 30.9 Å². The molecule has 6 nitrogen and oxygen atoms in total. The largest absolute Gasteiger partial charge is 0.393 e. The number of aromatic nitrogens is 3. The van der Waals surface area contributed by atoms with Gasteiger partial charge in [-0.25, -0.2) is 18.3 Å². The van der Waals surface area contributed by atoms with Gasteiger partial charge in [0.25, 0.3) is 0 Å². The second-order valence-corrected chi connectivity index (χ2v) is 6.97. The van der Waals surface area contributed by atoms with Crippen molar-refractivity contribution >= 4 is 11.3 Å². The van der Waals surface area contributed by atoms with Gasteiger partial charge in [0.15, 0.2) is 5.82 Å². The van der Waals surface area contributed by atoms with Crippen molar-refractivity contribution in [3.05, 3.63) is 47.4 Å². The molecule has 0 saturated heterocycles. The van der Waals surface area contributed by atoms with E-state index in [1.807, 2.05) is 6.07 Å². The molecule has 1 aliphatic rings. The number of nitrogens with zero attached hydrogens (tertiary/aromatic N) is 3. The SMILES string of the molecule is Nc1ncnn2c(C3CCC(O)CC3)cc(-c3cc(F)c(CO)c(F)c3)c12. The van der Waals surface area contributed by atoms with E-state index in [1.54, 1.807) is 4.52 Å². The molecule has 1 aromatic carbocycles. The van der Waals surface area contributed by atoms with Crippen LogP contribution in [0, 0.1) is 11.6 Å². The first-order valence-corrected chi connectivity index (χ1v) is 8.89. The van der Waals surface area contributed by atoms with E-state index >= 15 is 0 Å². The summed E-state index contributed by atoms with van der Waals surface area (Å²) in [5, 5.41) is 23.2. The molecule has 0 radical (unpaired) electrons. The maximum Gasteiger partial charge on any atom is 0.151 e. The minimum atomic E-state index is -0.815. The number of rotatable bonds is 3. The van der Waals surface area contributed by atoms with Crippen molar-refractivity contribution < 1.29 is 19.0 Å². The summed E-state index contributed by atoms with van der Waals surface area (Å²) in [5.74, 6) is -1.25. The molecule has 8 heteroatoms. The van der Waals surface area contributed by atoms with Crippen LogP contribution in [-0.2, 0) is 6.61 Å². The summed E-state index contributed by atoms with van der Waals surface area (Å²) in [4.78, 5) is 4.02. The highest BCUT2D eigenvalue weighted by Crippen LogP contribution is 2.39. The standard InChI is InChI=1S/C19H20F2N4O2/c20-15-5-11(6-16(21)14(15)8-26)13-7-17(10-1-3-12(27)4-2-10)25-18(13)19(22)23-9-24-25/h5-7,9-10,12,26-27H,1-4,8H2,(H2,22,23,24). The normalized spacial score (nSPS) is 20.3. The predicted molar refractivity (Wildman–Crippen MR) is 95.9 cm³/mol. The number of anilines is 1. The third-order valence-corrected chi connectivity index (χ3v) is 5.34. The fourth-order valence-corrected chi connectivity index (χ4v) is 3.88. The number of aliphatic hydroxyl groups excluding tert-OH is 2. The molecular weight excluding hydrogens is 354 g/mol. The Balaban J connectivity index is 1.89. The molecule has 0 spiro atoms. The maximum atomic E-state index is 14.2. The summed E-state index contributed by atoms with van der Waals surface area (Å²) < 4.78 is 30.1. The first kappa shape index (κ1) is 17.8. The van der Waals surface area contributed by atoms with Crippen LogP contribution in [0.25, 0.3) is 16.6 Å². The number of benzene rings is 1. The van der Waals surface area contributed by atoms with Gasteiger partial charge in [-0.3, -0.25) is 0 Å². The van der Waals surface area contributed by atoms with Gasteiger partial charge in [-0.15, -0.1) is 0 Å². The number of nitrogen functional groups attached to an aromatic ring is 1. The second-order valence-electron chi connectivity index (χ2n) is 6.97. The molecule has 1 fully saturated rings. The molecule has 0 aliphatic heterocycles. The van der Waals surface area contributed by atoms with E-state index in [4.69, 9.17) is 10.8 Å². The monoisotopic (exact) mass is 374 g/mol. The van der Waals surface area contributed by atoms with Crippen LogP contribution in [0.15, 0.2) is 24.5 Å². The molecule has 2 heterocycles. The zero-order chi connectivity index (χ0) is 19.1. The van der Waals surface area contributed by atoms with Crippen molar-refractivity contribution in [3.8, 4) is 11.1 Å². The highest BCUT2D eigenvalue weighted by atomic mass is 19.1. The van der Waals surface area contributed by atoms with Gasteiger partial charge in [0.1, 0.15) is 23.5 Å². The summed E-state index contributed by atoms with van der Waals surface area (Å²) in [6, 6.07) is 4.21. The first-order chi connectivity index (χ1) is 13.0. The van der Waals surface area contributed by atoms with Crippen molar-refractivity contribution in [3.63, 3.8) is 0 Å². The lowest BCUT2D eigenvalue weighted by atomic mass is 9.85. The average Bonchev–Trinajstić information content (AvgIpc) is 3.03. The Kier molecular flexibility index (Phi) is 4.53. The Bertz CT molecular complexity index is 974. The lowest BCUT2D eigenvalue weighted by Gasteiger charge is -2.24. The molecule has 2 aromatic heterocycles. The van der Waals surface area contributed by atoms with E-state index < -0.39 is 18.2 Å². The molecule has 1 saturated carbocycles. The lowest BCUT2D eigenvalue weighted by molar-refractivity contribution is 0.121. The average molecular weight is 374 g/mol. The summed E-state index contributed by atoms with van der Waals surface area (Å²) in [7, 11) is 0. The van der Waals surface area contributed by atoms with Crippen LogP contribution < -0.4 is 5.73 Å². The van der Waals surface area contributed by atoms with Crippen LogP contribution >= 0.6 is 0 Å². The van der Waals surface area contributed by atoms with E-state index in [0.717, 1.165) is 18.5 Å². The molecular formula is C19H20F2N4O2. The van der Waals surface area contributed by atoms with Gasteiger partial charge in [-0.2, -0.15) is 5.10 Å².